The summed E-state index contributed by atoms with van der Waals surface area (Å²) in [6.45, 7) is 6.06. The van der Waals surface area contributed by atoms with Gasteiger partial charge in [0.2, 0.25) is 0 Å². The van der Waals surface area contributed by atoms with Gasteiger partial charge >= 0.3 is 281 Å². The van der Waals surface area contributed by atoms with Crippen LogP contribution >= 0.6 is 69.6 Å². The number of benzene rings is 5. The van der Waals surface area contributed by atoms with Crippen LogP contribution in [0.3, 0.4) is 0 Å². The predicted molar refractivity (Wildman–Crippen MR) is 182 cm³/mol. The summed E-state index contributed by atoms with van der Waals surface area (Å²) in [5.41, 5.74) is 3.18. The molecule has 0 spiro atoms. The van der Waals surface area contributed by atoms with Crippen molar-refractivity contribution in [2.75, 3.05) is 0 Å². The van der Waals surface area contributed by atoms with Gasteiger partial charge in [0.05, 0.1) is 0 Å². The molecule has 0 N–H and O–H groups in total. The van der Waals surface area contributed by atoms with Gasteiger partial charge in [0.1, 0.15) is 0 Å². The summed E-state index contributed by atoms with van der Waals surface area (Å²) in [5, 5.41) is 1.67. The van der Waals surface area contributed by atoms with E-state index in [4.69, 9.17) is 75.6 Å². The summed E-state index contributed by atoms with van der Waals surface area (Å²) in [6.07, 6.45) is 0. The van der Waals surface area contributed by atoms with Crippen LogP contribution in [0.4, 0.5) is 0 Å². The number of hydrogen-bond donors (Lipinski definition) is 0. The van der Waals surface area contributed by atoms with Crippen LogP contribution in [0.2, 0.25) is 30.1 Å². The van der Waals surface area contributed by atoms with E-state index in [1.54, 1.807) is 24.3 Å². The molecule has 0 heterocycles. The van der Waals surface area contributed by atoms with Gasteiger partial charge in [-0.2, -0.15) is 0 Å². The minimum atomic E-state index is -5.90. The van der Waals surface area contributed by atoms with E-state index < -0.39 is 18.2 Å². The fourth-order valence-corrected chi connectivity index (χ4v) is 20.7. The molecule has 0 fully saturated rings. The minimum absolute atomic E-state index is 0.229. The second-order valence-corrected chi connectivity index (χ2v) is 23.5. The Kier molecular flexibility index (Phi) is 9.30. The fourth-order valence-electron chi connectivity index (χ4n) is 4.81. The maximum atomic E-state index is 7.43. The van der Waals surface area contributed by atoms with Gasteiger partial charge in [-0.25, -0.2) is 0 Å². The topological polar surface area (TPSA) is 18.5 Å². The summed E-state index contributed by atoms with van der Waals surface area (Å²) >= 11 is 34.1. The average Bonchev–Trinajstić information content (AvgIpc) is 2.93. The molecule has 0 amide bonds. The Morgan fingerprint density at radius 2 is 0.643 bits per heavy atom. The molecule has 0 saturated heterocycles. The Labute approximate surface area is 278 Å². The Balaban J connectivity index is 2.04. The third kappa shape index (κ3) is 5.73. The molecule has 216 valence electrons. The van der Waals surface area contributed by atoms with Gasteiger partial charge in [-0.1, -0.05) is 0 Å². The summed E-state index contributed by atoms with van der Waals surface area (Å²) in [6, 6.07) is 30.6. The monoisotopic (exact) mass is 784 g/mol. The van der Waals surface area contributed by atoms with E-state index in [1.807, 2.05) is 93.6 Å². The van der Waals surface area contributed by atoms with Crippen LogP contribution in [0.15, 0.2) is 97.1 Å². The molecule has 0 aliphatic carbocycles. The van der Waals surface area contributed by atoms with Gasteiger partial charge in [0.25, 0.3) is 0 Å². The van der Waals surface area contributed by atoms with Crippen molar-refractivity contribution < 1.29 is 6.03 Å². The van der Waals surface area contributed by atoms with E-state index in [1.165, 1.54) is 0 Å². The quantitative estimate of drug-likeness (QED) is 0.153. The van der Waals surface area contributed by atoms with Gasteiger partial charge in [-0.3, -0.25) is 0 Å². The Morgan fingerprint density at radius 1 is 0.405 bits per heavy atom. The van der Waals surface area contributed by atoms with Crippen molar-refractivity contribution in [1.29, 1.82) is 0 Å². The number of halogens is 6. The first-order chi connectivity index (χ1) is 19.9. The summed E-state index contributed by atoms with van der Waals surface area (Å²) in [4.78, 5) is 0. The Hall–Kier alpha value is -1.74. The molecule has 0 unspecified atom stereocenters. The van der Waals surface area contributed by atoms with Crippen molar-refractivity contribution in [3.8, 4) is 11.5 Å². The molecule has 2 nitrogen and oxygen atoms in total. The molecule has 0 aromatic heterocycles. The molecule has 0 saturated carbocycles. The predicted octanol–water partition coefficient (Wildman–Crippen LogP) is 10.1. The van der Waals surface area contributed by atoms with Crippen molar-refractivity contribution in [1.82, 2.24) is 0 Å². The van der Waals surface area contributed by atoms with Crippen LogP contribution < -0.4 is 16.6 Å². The fraction of sp³-hybridized carbons (Fsp3) is 0.0909. The van der Waals surface area contributed by atoms with Gasteiger partial charge < -0.3 is 0 Å². The SMILES string of the molecule is Cc1cc[c]([Sb]([O]c2c(Cl)cc(Cl)cc2Cl)([O]c2c(Cl)cc(Cl)cc2Cl)([c]2ccc(C)cc2)[c]2ccc(C)cc2)cc1. The number of rotatable bonds is 7. The first kappa shape index (κ1) is 31.7. The maximum absolute atomic E-state index is 7.43. The molecular formula is C33H25Cl6O2Sb. The molecule has 5 aromatic rings. The van der Waals surface area contributed by atoms with Crippen molar-refractivity contribution in [2.45, 2.75) is 20.8 Å². The van der Waals surface area contributed by atoms with Gasteiger partial charge in [0, 0.05) is 0 Å². The van der Waals surface area contributed by atoms with Gasteiger partial charge in [-0.05, 0) is 0 Å². The molecular weight excluding hydrogens is 763 g/mol. The van der Waals surface area contributed by atoms with E-state index in [0.29, 0.717) is 10.0 Å². The molecule has 42 heavy (non-hydrogen) atoms. The van der Waals surface area contributed by atoms with E-state index in [-0.39, 0.29) is 31.6 Å². The number of aryl methyl sites for hydroxylation is 3. The van der Waals surface area contributed by atoms with Crippen molar-refractivity contribution in [3.05, 3.63) is 144 Å². The van der Waals surface area contributed by atoms with E-state index in [9.17, 15) is 0 Å². The van der Waals surface area contributed by atoms with E-state index in [0.717, 1.165) is 27.2 Å². The first-order valence-corrected chi connectivity index (χ1v) is 21.0. The van der Waals surface area contributed by atoms with Gasteiger partial charge in [-0.15, -0.1) is 0 Å². The molecule has 0 radical (unpaired) electrons. The van der Waals surface area contributed by atoms with Crippen LogP contribution in [0.25, 0.3) is 0 Å². The number of hydrogen-bond acceptors (Lipinski definition) is 2. The van der Waals surface area contributed by atoms with Crippen molar-refractivity contribution in [3.63, 3.8) is 0 Å². The van der Waals surface area contributed by atoms with Crippen LogP contribution in [-0.4, -0.2) is 18.2 Å². The third-order valence-corrected chi connectivity index (χ3v) is 22.1. The van der Waals surface area contributed by atoms with E-state index >= 15 is 0 Å². The zero-order chi connectivity index (χ0) is 30.3. The normalized spacial score (nSPS) is 12.5. The molecule has 0 aliphatic heterocycles. The molecule has 0 atom stereocenters. The second-order valence-electron chi connectivity index (χ2n) is 10.0. The van der Waals surface area contributed by atoms with Crippen LogP contribution in [-0.2, 0) is 0 Å². The molecule has 9 heteroatoms. The van der Waals surface area contributed by atoms with Crippen LogP contribution in [0.5, 0.6) is 11.5 Å². The van der Waals surface area contributed by atoms with Crippen molar-refractivity contribution >= 4 is 98.4 Å². The Bertz CT molecular complexity index is 1550. The summed E-state index contributed by atoms with van der Waals surface area (Å²) in [5.74, 6) is 0.458. The average molecular weight is 788 g/mol. The molecule has 0 aliphatic rings. The van der Waals surface area contributed by atoms with Crippen molar-refractivity contribution in [2.24, 2.45) is 0 Å². The van der Waals surface area contributed by atoms with Crippen LogP contribution in [0.1, 0.15) is 16.7 Å². The Morgan fingerprint density at radius 3 is 0.881 bits per heavy atom. The van der Waals surface area contributed by atoms with Crippen LogP contribution in [0, 0.1) is 20.8 Å². The molecule has 0 bridgehead atoms. The van der Waals surface area contributed by atoms with E-state index in [2.05, 4.69) is 0 Å². The first-order valence-electron chi connectivity index (χ1n) is 12.9. The van der Waals surface area contributed by atoms with Gasteiger partial charge in [0.15, 0.2) is 0 Å². The zero-order valence-electron chi connectivity index (χ0n) is 22.8. The standard InChI is InChI=1S/3C7H7.2C6H3Cl3O.Sb/c3*1-7-5-3-2-4-6-7;2*7-3-1-4(8)6(10)5(9)2-3;/h3*3-6H,1H3;2*1-2,10H;/q;;;;;+2/p-2. The molecule has 5 aromatic carbocycles. The second kappa shape index (κ2) is 12.3. The molecule has 5 rings (SSSR count). The third-order valence-electron chi connectivity index (χ3n) is 6.97. The summed E-state index contributed by atoms with van der Waals surface area (Å²) in [7, 11) is 0. The summed E-state index contributed by atoms with van der Waals surface area (Å²) < 4.78 is 17.3. The zero-order valence-corrected chi connectivity index (χ0v) is 29.9.